The average molecular weight is 349 g/mol. The summed E-state index contributed by atoms with van der Waals surface area (Å²) in [5.74, 6) is -1.12. The predicted molar refractivity (Wildman–Crippen MR) is 102 cm³/mol. The van der Waals surface area contributed by atoms with E-state index in [4.69, 9.17) is 0 Å². The topological polar surface area (TPSA) is 70.6 Å². The van der Waals surface area contributed by atoms with Gasteiger partial charge in [0.25, 0.3) is 5.91 Å². The van der Waals surface area contributed by atoms with Crippen molar-refractivity contribution in [2.24, 2.45) is 11.0 Å². The van der Waals surface area contributed by atoms with Gasteiger partial charge in [-0.05, 0) is 22.6 Å². The van der Waals surface area contributed by atoms with Crippen molar-refractivity contribution in [3.05, 3.63) is 71.3 Å². The lowest BCUT2D eigenvalue weighted by molar-refractivity contribution is -0.133. The van der Waals surface area contributed by atoms with E-state index in [-0.39, 0.29) is 17.7 Å². The minimum atomic E-state index is -0.766. The van der Waals surface area contributed by atoms with Crippen LogP contribution in [0, 0.1) is 5.92 Å². The van der Waals surface area contributed by atoms with Crippen molar-refractivity contribution < 1.29 is 9.59 Å². The molecule has 134 valence electrons. The zero-order valence-corrected chi connectivity index (χ0v) is 15.0. The van der Waals surface area contributed by atoms with Crippen molar-refractivity contribution in [2.75, 3.05) is 6.54 Å². The zero-order valence-electron chi connectivity index (χ0n) is 15.0. The fourth-order valence-corrected chi connectivity index (χ4v) is 3.14. The second kappa shape index (κ2) is 7.95. The number of benzene rings is 2. The van der Waals surface area contributed by atoms with Gasteiger partial charge in [-0.2, -0.15) is 5.10 Å². The maximum Gasteiger partial charge on any atom is 0.253 e. The minimum Gasteiger partial charge on any atom is -0.355 e. The van der Waals surface area contributed by atoms with Crippen LogP contribution in [0.2, 0.25) is 0 Å². The maximum atomic E-state index is 12.5. The van der Waals surface area contributed by atoms with Crippen LogP contribution in [-0.4, -0.2) is 24.6 Å². The van der Waals surface area contributed by atoms with Crippen molar-refractivity contribution in [1.29, 1.82) is 0 Å². The van der Waals surface area contributed by atoms with Gasteiger partial charge in [-0.3, -0.25) is 9.59 Å². The van der Waals surface area contributed by atoms with Crippen LogP contribution in [0.15, 0.2) is 59.7 Å². The van der Waals surface area contributed by atoms with E-state index in [1.54, 1.807) is 6.21 Å². The quantitative estimate of drug-likeness (QED) is 0.495. The van der Waals surface area contributed by atoms with Gasteiger partial charge in [0.2, 0.25) is 5.91 Å². The number of hydrazone groups is 1. The number of amides is 2. The molecule has 2 aromatic carbocycles. The molecule has 0 aromatic heterocycles. The number of nitrogens with zero attached hydrogens (tertiary/aromatic N) is 1. The van der Waals surface area contributed by atoms with E-state index in [9.17, 15) is 9.59 Å². The first kappa shape index (κ1) is 17.9. The van der Waals surface area contributed by atoms with Crippen LogP contribution < -0.4 is 10.7 Å². The second-order valence-electron chi connectivity index (χ2n) is 6.80. The summed E-state index contributed by atoms with van der Waals surface area (Å²) in [6, 6.07) is 17.6. The van der Waals surface area contributed by atoms with Crippen LogP contribution in [-0.2, 0) is 9.59 Å². The molecule has 1 aliphatic rings. The van der Waals surface area contributed by atoms with Crippen LogP contribution in [0.5, 0.6) is 0 Å². The number of carbonyl (C=O) groups excluding carboxylic acids is 2. The first-order valence-electron chi connectivity index (χ1n) is 8.82. The Bertz CT molecular complexity index is 798. The Morgan fingerprint density at radius 3 is 2.50 bits per heavy atom. The number of hydrogen-bond acceptors (Lipinski definition) is 3. The van der Waals surface area contributed by atoms with Gasteiger partial charge >= 0.3 is 0 Å². The van der Waals surface area contributed by atoms with Gasteiger partial charge in [-0.1, -0.05) is 68.4 Å². The molecule has 2 amide bonds. The third-order valence-electron chi connectivity index (χ3n) is 4.68. The Hall–Kier alpha value is -2.95. The van der Waals surface area contributed by atoms with Gasteiger partial charge in [0.05, 0.1) is 6.21 Å². The van der Waals surface area contributed by atoms with E-state index in [0.717, 1.165) is 11.1 Å². The molecule has 1 saturated heterocycles. The molecular weight excluding hydrogens is 326 g/mol. The summed E-state index contributed by atoms with van der Waals surface area (Å²) >= 11 is 0. The van der Waals surface area contributed by atoms with Crippen molar-refractivity contribution in [1.82, 2.24) is 10.7 Å². The highest BCUT2D eigenvalue weighted by Crippen LogP contribution is 2.28. The van der Waals surface area contributed by atoms with Crippen LogP contribution in [0.4, 0.5) is 0 Å². The van der Waals surface area contributed by atoms with E-state index in [1.165, 1.54) is 5.56 Å². The highest BCUT2D eigenvalue weighted by Gasteiger charge is 2.40. The molecule has 0 unspecified atom stereocenters. The number of rotatable bonds is 5. The van der Waals surface area contributed by atoms with E-state index in [2.05, 4.69) is 29.7 Å². The molecule has 0 spiro atoms. The SMILES string of the molecule is CC(C)c1ccc(/C=N/NC(=O)[C@H]2C(=O)NC[C@@H]2c2ccccc2)cc1. The molecule has 2 aromatic rings. The Labute approximate surface area is 153 Å². The lowest BCUT2D eigenvalue weighted by Crippen LogP contribution is -2.34. The molecule has 0 saturated carbocycles. The van der Waals surface area contributed by atoms with Crippen LogP contribution in [0.3, 0.4) is 0 Å². The molecule has 0 radical (unpaired) electrons. The smallest absolute Gasteiger partial charge is 0.253 e. The highest BCUT2D eigenvalue weighted by molar-refractivity contribution is 6.03. The minimum absolute atomic E-state index is 0.177. The average Bonchev–Trinajstić information content (AvgIpc) is 3.04. The lowest BCUT2D eigenvalue weighted by Gasteiger charge is -2.15. The molecule has 0 bridgehead atoms. The van der Waals surface area contributed by atoms with Gasteiger partial charge in [0.1, 0.15) is 5.92 Å². The summed E-state index contributed by atoms with van der Waals surface area (Å²) < 4.78 is 0. The number of carbonyl (C=O) groups is 2. The first-order valence-corrected chi connectivity index (χ1v) is 8.82. The van der Waals surface area contributed by atoms with Crippen LogP contribution in [0.25, 0.3) is 0 Å². The van der Waals surface area contributed by atoms with Crippen molar-refractivity contribution in [3.8, 4) is 0 Å². The predicted octanol–water partition coefficient (Wildman–Crippen LogP) is 2.79. The molecule has 3 rings (SSSR count). The largest absolute Gasteiger partial charge is 0.355 e. The number of hydrogen-bond donors (Lipinski definition) is 2. The van der Waals surface area contributed by atoms with Gasteiger partial charge in [-0.15, -0.1) is 0 Å². The second-order valence-corrected chi connectivity index (χ2v) is 6.80. The Morgan fingerprint density at radius 1 is 1.15 bits per heavy atom. The first-order chi connectivity index (χ1) is 12.6. The fourth-order valence-electron chi connectivity index (χ4n) is 3.14. The fraction of sp³-hybridized carbons (Fsp3) is 0.286. The van der Waals surface area contributed by atoms with Gasteiger partial charge < -0.3 is 5.32 Å². The molecule has 2 N–H and O–H groups in total. The third-order valence-corrected chi connectivity index (χ3v) is 4.68. The normalized spacial score (nSPS) is 19.7. The Kier molecular flexibility index (Phi) is 5.46. The van der Waals surface area contributed by atoms with Gasteiger partial charge in [-0.25, -0.2) is 5.43 Å². The molecule has 1 fully saturated rings. The standard InChI is InChI=1S/C21H23N3O2/c1-14(2)16-10-8-15(9-11-16)12-23-24-21(26)19-18(13-22-20(19)25)17-6-4-3-5-7-17/h3-12,14,18-19H,13H2,1-2H3,(H,22,25)(H,24,26)/b23-12+/t18-,19-/m1/s1. The summed E-state index contributed by atoms with van der Waals surface area (Å²) in [5.41, 5.74) is 5.63. The molecule has 2 atom stereocenters. The van der Waals surface area contributed by atoms with E-state index >= 15 is 0 Å². The highest BCUT2D eigenvalue weighted by atomic mass is 16.2. The van der Waals surface area contributed by atoms with E-state index in [1.807, 2.05) is 54.6 Å². The zero-order chi connectivity index (χ0) is 18.5. The monoisotopic (exact) mass is 349 g/mol. The van der Waals surface area contributed by atoms with E-state index in [0.29, 0.717) is 12.5 Å². The van der Waals surface area contributed by atoms with Gasteiger partial charge in [0, 0.05) is 12.5 Å². The molecule has 1 aliphatic heterocycles. The third kappa shape index (κ3) is 3.99. The summed E-state index contributed by atoms with van der Waals surface area (Å²) in [6.07, 6.45) is 1.59. The molecule has 0 aliphatic carbocycles. The van der Waals surface area contributed by atoms with Crippen molar-refractivity contribution in [2.45, 2.75) is 25.7 Å². The maximum absolute atomic E-state index is 12.5. The molecule has 1 heterocycles. The van der Waals surface area contributed by atoms with Crippen molar-refractivity contribution >= 4 is 18.0 Å². The van der Waals surface area contributed by atoms with Crippen LogP contribution >= 0.6 is 0 Å². The summed E-state index contributed by atoms with van der Waals surface area (Å²) in [4.78, 5) is 24.6. The lowest BCUT2D eigenvalue weighted by atomic mass is 9.88. The Morgan fingerprint density at radius 2 is 1.85 bits per heavy atom. The van der Waals surface area contributed by atoms with Gasteiger partial charge in [0.15, 0.2) is 0 Å². The molecular formula is C21H23N3O2. The summed E-state index contributed by atoms with van der Waals surface area (Å²) in [7, 11) is 0. The summed E-state index contributed by atoms with van der Waals surface area (Å²) in [5, 5.41) is 6.79. The number of nitrogens with one attached hydrogen (secondary N) is 2. The van der Waals surface area contributed by atoms with E-state index < -0.39 is 5.92 Å². The molecule has 26 heavy (non-hydrogen) atoms. The summed E-state index contributed by atoms with van der Waals surface area (Å²) in [6.45, 7) is 4.74. The van der Waals surface area contributed by atoms with Crippen molar-refractivity contribution in [3.63, 3.8) is 0 Å². The Balaban J connectivity index is 1.65. The molecule has 5 nitrogen and oxygen atoms in total. The molecule has 5 heteroatoms. The van der Waals surface area contributed by atoms with Crippen LogP contribution in [0.1, 0.15) is 42.4 Å².